The number of benzene rings is 1. The summed E-state index contributed by atoms with van der Waals surface area (Å²) >= 11 is 0. The Balaban J connectivity index is 1.49. The highest BCUT2D eigenvalue weighted by atomic mass is 19.1. The highest BCUT2D eigenvalue weighted by Gasteiger charge is 2.12. The zero-order valence-electron chi connectivity index (χ0n) is 18.0. The summed E-state index contributed by atoms with van der Waals surface area (Å²) in [7, 11) is 0. The molecule has 0 aliphatic rings. The Morgan fingerprint density at radius 1 is 1.00 bits per heavy atom. The summed E-state index contributed by atoms with van der Waals surface area (Å²) in [4.78, 5) is 37.8. The molecule has 0 saturated heterocycles. The van der Waals surface area contributed by atoms with Crippen molar-refractivity contribution < 1.29 is 33.4 Å². The molecule has 1 atom stereocenters. The summed E-state index contributed by atoms with van der Waals surface area (Å²) in [5.41, 5.74) is 7.42. The molecular weight excluding hydrogens is 435 g/mol. The number of aliphatic carboxylic acids is 1. The second kappa shape index (κ2) is 13.9. The minimum absolute atomic E-state index is 0.122. The van der Waals surface area contributed by atoms with Gasteiger partial charge in [0.25, 0.3) is 5.91 Å². The number of nitrogens with zero attached hydrogens (tertiary/aromatic N) is 1. The average Bonchev–Trinajstić information content (AvgIpc) is 2.80. The Morgan fingerprint density at radius 2 is 1.70 bits per heavy atom. The topological polar surface area (TPSA) is 153 Å². The molecule has 0 saturated carbocycles. The Labute approximate surface area is 190 Å². The van der Waals surface area contributed by atoms with Crippen LogP contribution in [0.5, 0.6) is 0 Å². The third-order valence-corrected chi connectivity index (χ3v) is 4.41. The highest BCUT2D eigenvalue weighted by molar-refractivity contribution is 5.93. The molecule has 2 amide bonds. The molecule has 1 heterocycles. The number of amides is 2. The molecule has 0 spiro atoms. The molecule has 0 aliphatic carbocycles. The van der Waals surface area contributed by atoms with E-state index in [1.54, 1.807) is 24.3 Å². The van der Waals surface area contributed by atoms with E-state index in [0.717, 1.165) is 23.4 Å². The number of carbonyl (C=O) groups is 3. The number of pyridine rings is 1. The quantitative estimate of drug-likeness (QED) is 0.230. The van der Waals surface area contributed by atoms with Crippen molar-refractivity contribution in [1.29, 1.82) is 0 Å². The van der Waals surface area contributed by atoms with Crippen LogP contribution in [0, 0.1) is 5.95 Å². The van der Waals surface area contributed by atoms with E-state index in [2.05, 4.69) is 15.6 Å². The van der Waals surface area contributed by atoms with Gasteiger partial charge in [-0.3, -0.25) is 14.4 Å². The SMILES string of the molecule is N[C@@H](Cc1ccc(CNC(=O)COCCOCCNC(=O)c2ccc(F)nc2)cc1)C(=O)O. The third-order valence-electron chi connectivity index (χ3n) is 4.41. The van der Waals surface area contributed by atoms with Crippen molar-refractivity contribution in [3.05, 3.63) is 65.2 Å². The van der Waals surface area contributed by atoms with Gasteiger partial charge in [-0.2, -0.15) is 4.39 Å². The maximum absolute atomic E-state index is 12.7. The molecule has 0 radical (unpaired) electrons. The minimum Gasteiger partial charge on any atom is -0.480 e. The standard InChI is InChI=1S/C22H27FN4O6/c23-19-6-5-17(13-26-19)21(29)25-7-8-32-9-10-33-14-20(28)27-12-16-3-1-15(2-4-16)11-18(24)22(30)31/h1-6,13,18H,7-12,14,24H2,(H,25,29)(H,27,28)(H,30,31)/t18-/m0/s1. The van der Waals surface area contributed by atoms with Crippen LogP contribution >= 0.6 is 0 Å². The molecule has 10 nitrogen and oxygen atoms in total. The fraction of sp³-hybridized carbons (Fsp3) is 0.364. The second-order valence-electron chi connectivity index (χ2n) is 7.03. The van der Waals surface area contributed by atoms with Gasteiger partial charge in [0.2, 0.25) is 11.9 Å². The molecule has 0 fully saturated rings. The van der Waals surface area contributed by atoms with Crippen LogP contribution in [0.3, 0.4) is 0 Å². The van der Waals surface area contributed by atoms with Gasteiger partial charge in [0.1, 0.15) is 12.6 Å². The first kappa shape index (κ1) is 25.8. The molecular formula is C22H27FN4O6. The number of hydrogen-bond acceptors (Lipinski definition) is 7. The number of nitrogens with one attached hydrogen (secondary N) is 2. The molecule has 5 N–H and O–H groups in total. The van der Waals surface area contributed by atoms with Gasteiger partial charge in [0.05, 0.1) is 25.4 Å². The fourth-order valence-corrected chi connectivity index (χ4v) is 2.62. The molecule has 1 aromatic heterocycles. The smallest absolute Gasteiger partial charge is 0.320 e. The molecule has 11 heteroatoms. The number of ether oxygens (including phenoxy) is 2. The van der Waals surface area contributed by atoms with Crippen molar-refractivity contribution in [2.45, 2.75) is 19.0 Å². The molecule has 0 aliphatic heterocycles. The zero-order valence-corrected chi connectivity index (χ0v) is 18.0. The predicted octanol–water partition coefficient (Wildman–Crippen LogP) is 0.255. The second-order valence-corrected chi connectivity index (χ2v) is 7.03. The van der Waals surface area contributed by atoms with Crippen LogP contribution in [0.4, 0.5) is 4.39 Å². The van der Waals surface area contributed by atoms with Crippen molar-refractivity contribution in [2.75, 3.05) is 33.0 Å². The van der Waals surface area contributed by atoms with E-state index >= 15 is 0 Å². The van der Waals surface area contributed by atoms with E-state index in [9.17, 15) is 18.8 Å². The predicted molar refractivity (Wildman–Crippen MR) is 116 cm³/mol. The van der Waals surface area contributed by atoms with E-state index in [1.165, 1.54) is 6.07 Å². The van der Waals surface area contributed by atoms with Crippen LogP contribution in [0.2, 0.25) is 0 Å². The molecule has 2 aromatic rings. The number of halogens is 1. The number of rotatable bonds is 14. The van der Waals surface area contributed by atoms with Crippen LogP contribution in [0.15, 0.2) is 42.6 Å². The largest absolute Gasteiger partial charge is 0.480 e. The van der Waals surface area contributed by atoms with Crippen molar-refractivity contribution in [2.24, 2.45) is 5.73 Å². The van der Waals surface area contributed by atoms with Gasteiger partial charge in [-0.05, 0) is 29.7 Å². The van der Waals surface area contributed by atoms with Crippen molar-refractivity contribution >= 4 is 17.8 Å². The Bertz CT molecular complexity index is 908. The van der Waals surface area contributed by atoms with Gasteiger partial charge in [0.15, 0.2) is 0 Å². The lowest BCUT2D eigenvalue weighted by Crippen LogP contribution is -2.32. The van der Waals surface area contributed by atoms with Crippen LogP contribution in [0.1, 0.15) is 21.5 Å². The number of carbonyl (C=O) groups excluding carboxylic acids is 2. The first-order valence-electron chi connectivity index (χ1n) is 10.2. The summed E-state index contributed by atoms with van der Waals surface area (Å²) in [6.45, 7) is 1.17. The van der Waals surface area contributed by atoms with Crippen LogP contribution in [0.25, 0.3) is 0 Å². The number of aromatic nitrogens is 1. The lowest BCUT2D eigenvalue weighted by molar-refractivity contribution is -0.138. The van der Waals surface area contributed by atoms with Gasteiger partial charge >= 0.3 is 5.97 Å². The first-order valence-corrected chi connectivity index (χ1v) is 10.2. The molecule has 2 rings (SSSR count). The van der Waals surface area contributed by atoms with E-state index in [4.69, 9.17) is 20.3 Å². The van der Waals surface area contributed by atoms with Gasteiger partial charge in [-0.1, -0.05) is 24.3 Å². The summed E-state index contributed by atoms with van der Waals surface area (Å²) in [6.07, 6.45) is 1.38. The van der Waals surface area contributed by atoms with E-state index in [-0.39, 0.29) is 56.8 Å². The molecule has 0 bridgehead atoms. The Kier molecular flexibility index (Phi) is 10.9. The Hall–Kier alpha value is -3.41. The fourth-order valence-electron chi connectivity index (χ4n) is 2.62. The van der Waals surface area contributed by atoms with E-state index in [0.29, 0.717) is 6.54 Å². The maximum atomic E-state index is 12.7. The summed E-state index contributed by atoms with van der Waals surface area (Å²) in [5.74, 6) is -2.37. The minimum atomic E-state index is -1.05. The summed E-state index contributed by atoms with van der Waals surface area (Å²) < 4.78 is 23.3. The molecule has 178 valence electrons. The summed E-state index contributed by atoms with van der Waals surface area (Å²) in [5, 5.41) is 14.2. The van der Waals surface area contributed by atoms with Gasteiger partial charge in [-0.25, -0.2) is 4.98 Å². The highest BCUT2D eigenvalue weighted by Crippen LogP contribution is 2.06. The van der Waals surface area contributed by atoms with Gasteiger partial charge < -0.3 is 30.9 Å². The normalized spacial score (nSPS) is 11.6. The van der Waals surface area contributed by atoms with Crippen molar-refractivity contribution in [3.63, 3.8) is 0 Å². The number of nitrogens with two attached hydrogens (primary N) is 1. The van der Waals surface area contributed by atoms with Crippen LogP contribution in [-0.4, -0.2) is 66.9 Å². The summed E-state index contributed by atoms with van der Waals surface area (Å²) in [6, 6.07) is 8.64. The monoisotopic (exact) mass is 462 g/mol. The Morgan fingerprint density at radius 3 is 2.36 bits per heavy atom. The third kappa shape index (κ3) is 10.2. The molecule has 0 unspecified atom stereocenters. The lowest BCUT2D eigenvalue weighted by atomic mass is 10.0. The van der Waals surface area contributed by atoms with Gasteiger partial charge in [0, 0.05) is 19.3 Å². The van der Waals surface area contributed by atoms with Crippen LogP contribution < -0.4 is 16.4 Å². The van der Waals surface area contributed by atoms with Crippen molar-refractivity contribution in [3.8, 4) is 0 Å². The average molecular weight is 462 g/mol. The molecule has 33 heavy (non-hydrogen) atoms. The van der Waals surface area contributed by atoms with Gasteiger partial charge in [-0.15, -0.1) is 0 Å². The van der Waals surface area contributed by atoms with E-state index in [1.807, 2.05) is 0 Å². The van der Waals surface area contributed by atoms with Crippen molar-refractivity contribution in [1.82, 2.24) is 15.6 Å². The van der Waals surface area contributed by atoms with E-state index < -0.39 is 18.0 Å². The molecule has 1 aromatic carbocycles. The zero-order chi connectivity index (χ0) is 24.1. The maximum Gasteiger partial charge on any atom is 0.320 e. The number of carboxylic acid groups (broad SMARTS) is 1. The number of carboxylic acids is 1. The number of hydrogen-bond donors (Lipinski definition) is 4. The van der Waals surface area contributed by atoms with Crippen LogP contribution in [-0.2, 0) is 32.0 Å². The first-order chi connectivity index (χ1) is 15.8. The lowest BCUT2D eigenvalue weighted by Gasteiger charge is -2.09.